The SMILES string of the molecule is CCCC1CC1NCCC1CCCO1. The zero-order chi connectivity index (χ0) is 9.80. The van der Waals surface area contributed by atoms with Crippen molar-refractivity contribution in [1.29, 1.82) is 0 Å². The smallest absolute Gasteiger partial charge is 0.0588 e. The maximum absolute atomic E-state index is 5.59. The molecule has 2 nitrogen and oxygen atoms in total. The molecule has 0 bridgehead atoms. The van der Waals surface area contributed by atoms with E-state index in [9.17, 15) is 0 Å². The van der Waals surface area contributed by atoms with Crippen molar-refractivity contribution < 1.29 is 4.74 Å². The van der Waals surface area contributed by atoms with Crippen molar-refractivity contribution in [3.8, 4) is 0 Å². The first-order valence-corrected chi connectivity index (χ1v) is 6.25. The largest absolute Gasteiger partial charge is 0.378 e. The van der Waals surface area contributed by atoms with Crippen molar-refractivity contribution in [2.45, 2.75) is 57.6 Å². The summed E-state index contributed by atoms with van der Waals surface area (Å²) < 4.78 is 5.59. The highest BCUT2D eigenvalue weighted by Gasteiger charge is 2.35. The molecule has 0 aromatic heterocycles. The Morgan fingerprint density at radius 1 is 1.36 bits per heavy atom. The molecular weight excluding hydrogens is 174 g/mol. The van der Waals surface area contributed by atoms with Gasteiger partial charge in [-0.1, -0.05) is 13.3 Å². The highest BCUT2D eigenvalue weighted by atomic mass is 16.5. The van der Waals surface area contributed by atoms with Crippen molar-refractivity contribution >= 4 is 0 Å². The molecule has 1 saturated heterocycles. The number of hydrogen-bond donors (Lipinski definition) is 1. The molecular formula is C12H23NO. The molecule has 1 saturated carbocycles. The molecule has 1 heterocycles. The molecule has 2 fully saturated rings. The molecule has 0 spiro atoms. The van der Waals surface area contributed by atoms with Crippen LogP contribution in [0.2, 0.25) is 0 Å². The summed E-state index contributed by atoms with van der Waals surface area (Å²) in [4.78, 5) is 0. The fourth-order valence-electron chi connectivity index (χ4n) is 2.49. The van der Waals surface area contributed by atoms with Crippen molar-refractivity contribution in [3.63, 3.8) is 0 Å². The molecule has 0 aromatic carbocycles. The summed E-state index contributed by atoms with van der Waals surface area (Å²) in [5.41, 5.74) is 0. The van der Waals surface area contributed by atoms with Gasteiger partial charge in [0.05, 0.1) is 6.10 Å². The monoisotopic (exact) mass is 197 g/mol. The lowest BCUT2D eigenvalue weighted by Gasteiger charge is -2.09. The minimum Gasteiger partial charge on any atom is -0.378 e. The Morgan fingerprint density at radius 2 is 2.29 bits per heavy atom. The Balaban J connectivity index is 1.48. The van der Waals surface area contributed by atoms with Crippen LogP contribution in [0.15, 0.2) is 0 Å². The Labute approximate surface area is 87.4 Å². The lowest BCUT2D eigenvalue weighted by molar-refractivity contribution is 0.104. The first kappa shape index (κ1) is 10.4. The zero-order valence-corrected chi connectivity index (χ0v) is 9.30. The van der Waals surface area contributed by atoms with E-state index in [0.717, 1.165) is 25.1 Å². The summed E-state index contributed by atoms with van der Waals surface area (Å²) in [6, 6.07) is 0.844. The van der Waals surface area contributed by atoms with Crippen LogP contribution in [0.5, 0.6) is 0 Å². The van der Waals surface area contributed by atoms with Gasteiger partial charge in [0.15, 0.2) is 0 Å². The maximum Gasteiger partial charge on any atom is 0.0588 e. The Kier molecular flexibility index (Phi) is 3.82. The maximum atomic E-state index is 5.59. The van der Waals surface area contributed by atoms with Crippen LogP contribution in [-0.4, -0.2) is 25.3 Å². The molecule has 3 atom stereocenters. The fourth-order valence-corrected chi connectivity index (χ4v) is 2.49. The second-order valence-corrected chi connectivity index (χ2v) is 4.77. The minimum atomic E-state index is 0.561. The summed E-state index contributed by atoms with van der Waals surface area (Å²) in [7, 11) is 0. The average Bonchev–Trinajstić information content (AvgIpc) is 2.73. The second-order valence-electron chi connectivity index (χ2n) is 4.77. The number of ether oxygens (including phenoxy) is 1. The molecule has 82 valence electrons. The van der Waals surface area contributed by atoms with Crippen LogP contribution < -0.4 is 5.32 Å². The van der Waals surface area contributed by atoms with E-state index < -0.39 is 0 Å². The zero-order valence-electron chi connectivity index (χ0n) is 9.30. The van der Waals surface area contributed by atoms with Gasteiger partial charge in [0.2, 0.25) is 0 Å². The molecule has 1 aliphatic heterocycles. The predicted molar refractivity (Wildman–Crippen MR) is 58.4 cm³/mol. The van der Waals surface area contributed by atoms with E-state index in [-0.39, 0.29) is 0 Å². The summed E-state index contributed by atoms with van der Waals surface area (Å²) in [6.45, 7) is 4.43. The van der Waals surface area contributed by atoms with Crippen molar-refractivity contribution in [1.82, 2.24) is 5.32 Å². The van der Waals surface area contributed by atoms with Gasteiger partial charge in [-0.2, -0.15) is 0 Å². The van der Waals surface area contributed by atoms with Gasteiger partial charge in [-0.25, -0.2) is 0 Å². The van der Waals surface area contributed by atoms with E-state index in [1.54, 1.807) is 0 Å². The molecule has 14 heavy (non-hydrogen) atoms. The van der Waals surface area contributed by atoms with Gasteiger partial charge in [0.25, 0.3) is 0 Å². The standard InChI is InChI=1S/C12H23NO/c1-2-4-10-9-12(10)13-7-6-11-5-3-8-14-11/h10-13H,2-9H2,1H3. The summed E-state index contributed by atoms with van der Waals surface area (Å²) >= 11 is 0. The Bertz CT molecular complexity index is 166. The molecule has 2 aliphatic rings. The van der Waals surface area contributed by atoms with Gasteiger partial charge in [0, 0.05) is 12.6 Å². The fraction of sp³-hybridized carbons (Fsp3) is 1.00. The third-order valence-corrected chi connectivity index (χ3v) is 3.48. The number of hydrogen-bond acceptors (Lipinski definition) is 2. The van der Waals surface area contributed by atoms with Gasteiger partial charge >= 0.3 is 0 Å². The lowest BCUT2D eigenvalue weighted by atomic mass is 10.2. The first-order chi connectivity index (χ1) is 6.90. The van der Waals surface area contributed by atoms with Crippen LogP contribution in [0.1, 0.15) is 45.4 Å². The Morgan fingerprint density at radius 3 is 3.00 bits per heavy atom. The summed E-state index contributed by atoms with van der Waals surface area (Å²) in [5.74, 6) is 0.990. The van der Waals surface area contributed by atoms with Crippen LogP contribution in [-0.2, 0) is 4.74 Å². The van der Waals surface area contributed by atoms with E-state index in [4.69, 9.17) is 4.74 Å². The van der Waals surface area contributed by atoms with Crippen LogP contribution in [0, 0.1) is 5.92 Å². The number of nitrogens with one attached hydrogen (secondary N) is 1. The van der Waals surface area contributed by atoms with Gasteiger partial charge < -0.3 is 10.1 Å². The molecule has 0 aromatic rings. The van der Waals surface area contributed by atoms with Crippen LogP contribution in [0.4, 0.5) is 0 Å². The average molecular weight is 197 g/mol. The van der Waals surface area contributed by atoms with Crippen LogP contribution in [0.3, 0.4) is 0 Å². The van der Waals surface area contributed by atoms with E-state index >= 15 is 0 Å². The van der Waals surface area contributed by atoms with Crippen molar-refractivity contribution in [3.05, 3.63) is 0 Å². The second kappa shape index (κ2) is 5.13. The van der Waals surface area contributed by atoms with Crippen molar-refractivity contribution in [2.75, 3.05) is 13.2 Å². The van der Waals surface area contributed by atoms with Crippen LogP contribution >= 0.6 is 0 Å². The van der Waals surface area contributed by atoms with Crippen LogP contribution in [0.25, 0.3) is 0 Å². The van der Waals surface area contributed by atoms with E-state index in [1.165, 1.54) is 38.5 Å². The lowest BCUT2D eigenvalue weighted by Crippen LogP contribution is -2.23. The highest BCUT2D eigenvalue weighted by Crippen LogP contribution is 2.34. The van der Waals surface area contributed by atoms with E-state index in [1.807, 2.05) is 0 Å². The van der Waals surface area contributed by atoms with E-state index in [0.29, 0.717) is 6.10 Å². The third kappa shape index (κ3) is 2.96. The molecule has 1 N–H and O–H groups in total. The topological polar surface area (TPSA) is 21.3 Å². The third-order valence-electron chi connectivity index (χ3n) is 3.48. The molecule has 2 rings (SSSR count). The normalized spacial score (nSPS) is 36.2. The summed E-state index contributed by atoms with van der Waals surface area (Å²) in [6.07, 6.45) is 8.50. The quantitative estimate of drug-likeness (QED) is 0.705. The molecule has 0 radical (unpaired) electrons. The molecule has 0 amide bonds. The molecule has 1 aliphatic carbocycles. The van der Waals surface area contributed by atoms with Crippen molar-refractivity contribution in [2.24, 2.45) is 5.92 Å². The molecule has 3 unspecified atom stereocenters. The Hall–Kier alpha value is -0.0800. The van der Waals surface area contributed by atoms with Gasteiger partial charge in [-0.3, -0.25) is 0 Å². The first-order valence-electron chi connectivity index (χ1n) is 6.25. The predicted octanol–water partition coefficient (Wildman–Crippen LogP) is 2.33. The summed E-state index contributed by atoms with van der Waals surface area (Å²) in [5, 5.41) is 3.64. The van der Waals surface area contributed by atoms with E-state index in [2.05, 4.69) is 12.2 Å². The van der Waals surface area contributed by atoms with Gasteiger partial charge in [0.1, 0.15) is 0 Å². The van der Waals surface area contributed by atoms with Gasteiger partial charge in [-0.05, 0) is 44.6 Å². The van der Waals surface area contributed by atoms with Gasteiger partial charge in [-0.15, -0.1) is 0 Å². The number of rotatable bonds is 6. The molecule has 2 heteroatoms. The highest BCUT2D eigenvalue weighted by molar-refractivity contribution is 4.92. The minimum absolute atomic E-state index is 0.561.